The average Bonchev–Trinajstić information content (AvgIpc) is 3.26. The number of aromatic nitrogens is 4. The molecule has 1 aliphatic heterocycles. The minimum absolute atomic E-state index is 0.262. The lowest BCUT2D eigenvalue weighted by molar-refractivity contribution is -0.113. The first-order chi connectivity index (χ1) is 16.6. The van der Waals surface area contributed by atoms with Gasteiger partial charge in [0.25, 0.3) is 5.91 Å². The molecule has 2 aromatic heterocycles. The molecule has 0 radical (unpaired) electrons. The summed E-state index contributed by atoms with van der Waals surface area (Å²) in [5.74, 6) is 1.04. The Labute approximate surface area is 206 Å². The standard InChI is InChI=1S/C25H21ClN6OS/c1-16-21(23(33)29-18-10-7-13-27-14-18)22(19-11-5-6-12-20(19)26)32-24(28-16)30-25(31-32)34-15-17-8-3-2-4-9-17/h2-14,22H,15H2,1H3,(H,29,33)(H,28,30,31)/t22-/m0/s1. The molecule has 5 rings (SSSR count). The summed E-state index contributed by atoms with van der Waals surface area (Å²) < 4.78 is 1.74. The van der Waals surface area contributed by atoms with E-state index in [1.165, 1.54) is 17.3 Å². The van der Waals surface area contributed by atoms with Crippen LogP contribution in [0.5, 0.6) is 0 Å². The number of pyridine rings is 1. The molecule has 2 N–H and O–H groups in total. The van der Waals surface area contributed by atoms with Gasteiger partial charge in [-0.15, -0.1) is 5.10 Å². The van der Waals surface area contributed by atoms with E-state index in [1.807, 2.05) is 49.4 Å². The van der Waals surface area contributed by atoms with Crippen LogP contribution in [-0.4, -0.2) is 25.7 Å². The third-order valence-corrected chi connectivity index (χ3v) is 6.66. The Morgan fingerprint density at radius 1 is 1.12 bits per heavy atom. The largest absolute Gasteiger partial charge is 0.328 e. The van der Waals surface area contributed by atoms with Gasteiger partial charge in [-0.25, -0.2) is 4.68 Å². The number of allylic oxidation sites excluding steroid dienone is 1. The number of nitrogens with one attached hydrogen (secondary N) is 2. The number of carbonyl (C=O) groups is 1. The lowest BCUT2D eigenvalue weighted by Gasteiger charge is -2.29. The van der Waals surface area contributed by atoms with Gasteiger partial charge in [0.1, 0.15) is 6.04 Å². The molecule has 1 aliphatic rings. The van der Waals surface area contributed by atoms with Crippen molar-refractivity contribution in [2.24, 2.45) is 0 Å². The molecule has 170 valence electrons. The van der Waals surface area contributed by atoms with Crippen molar-refractivity contribution in [1.29, 1.82) is 0 Å². The van der Waals surface area contributed by atoms with Crippen LogP contribution < -0.4 is 10.6 Å². The fourth-order valence-corrected chi connectivity index (χ4v) is 4.85. The van der Waals surface area contributed by atoms with Gasteiger partial charge in [0.15, 0.2) is 0 Å². The topological polar surface area (TPSA) is 84.7 Å². The van der Waals surface area contributed by atoms with Crippen molar-refractivity contribution >= 4 is 40.9 Å². The zero-order valence-corrected chi connectivity index (χ0v) is 19.8. The molecule has 1 atom stereocenters. The fourth-order valence-electron chi connectivity index (χ4n) is 3.83. The van der Waals surface area contributed by atoms with E-state index in [1.54, 1.807) is 29.2 Å². The molecule has 34 heavy (non-hydrogen) atoms. The Bertz CT molecular complexity index is 1360. The number of rotatable bonds is 6. The zero-order valence-electron chi connectivity index (χ0n) is 18.3. The normalized spacial score (nSPS) is 14.9. The van der Waals surface area contributed by atoms with Crippen molar-refractivity contribution in [1.82, 2.24) is 19.7 Å². The van der Waals surface area contributed by atoms with Gasteiger partial charge >= 0.3 is 0 Å². The van der Waals surface area contributed by atoms with E-state index in [4.69, 9.17) is 16.7 Å². The number of anilines is 2. The molecule has 0 spiro atoms. The lowest BCUT2D eigenvalue weighted by atomic mass is 9.95. The van der Waals surface area contributed by atoms with Crippen LogP contribution in [0.2, 0.25) is 5.02 Å². The summed E-state index contributed by atoms with van der Waals surface area (Å²) in [5, 5.41) is 12.1. The summed E-state index contributed by atoms with van der Waals surface area (Å²) in [7, 11) is 0. The second-order valence-electron chi connectivity index (χ2n) is 7.72. The highest BCUT2D eigenvalue weighted by atomic mass is 35.5. The number of hydrogen-bond acceptors (Lipinski definition) is 6. The van der Waals surface area contributed by atoms with E-state index in [0.717, 1.165) is 11.3 Å². The van der Waals surface area contributed by atoms with Gasteiger partial charge in [-0.3, -0.25) is 9.78 Å². The molecule has 0 saturated carbocycles. The van der Waals surface area contributed by atoms with Crippen LogP contribution >= 0.6 is 23.4 Å². The summed E-state index contributed by atoms with van der Waals surface area (Å²) >= 11 is 8.14. The lowest BCUT2D eigenvalue weighted by Crippen LogP contribution is -2.31. The molecule has 0 fully saturated rings. The van der Waals surface area contributed by atoms with Gasteiger partial charge in [-0.05, 0) is 30.7 Å². The van der Waals surface area contributed by atoms with Crippen LogP contribution in [0.25, 0.3) is 0 Å². The van der Waals surface area contributed by atoms with Crippen LogP contribution in [-0.2, 0) is 10.5 Å². The monoisotopic (exact) mass is 488 g/mol. The average molecular weight is 489 g/mol. The Kier molecular flexibility index (Phi) is 6.33. The van der Waals surface area contributed by atoms with E-state index in [9.17, 15) is 4.79 Å². The van der Waals surface area contributed by atoms with Crippen molar-refractivity contribution in [3.8, 4) is 0 Å². The van der Waals surface area contributed by atoms with E-state index in [-0.39, 0.29) is 5.91 Å². The van der Waals surface area contributed by atoms with E-state index in [0.29, 0.717) is 33.1 Å². The number of fused-ring (bicyclic) bond motifs is 1. The summed E-state index contributed by atoms with van der Waals surface area (Å²) in [6.45, 7) is 1.86. The first kappa shape index (κ1) is 22.2. The zero-order chi connectivity index (χ0) is 23.5. The third kappa shape index (κ3) is 4.55. The number of hydrogen-bond donors (Lipinski definition) is 2. The Balaban J connectivity index is 1.51. The maximum absolute atomic E-state index is 13.5. The predicted octanol–water partition coefficient (Wildman–Crippen LogP) is 5.55. The molecule has 7 nitrogen and oxygen atoms in total. The SMILES string of the molecule is CC1=C(C(=O)Nc2cccnc2)[C@H](c2ccccc2Cl)n2nc(SCc3ccccc3)nc2N1. The van der Waals surface area contributed by atoms with Crippen LogP contribution in [0.15, 0.2) is 95.6 Å². The maximum atomic E-state index is 13.5. The molecule has 9 heteroatoms. The molecule has 0 aliphatic carbocycles. The molecular formula is C25H21ClN6OS. The third-order valence-electron chi connectivity index (χ3n) is 5.41. The van der Waals surface area contributed by atoms with Crippen molar-refractivity contribution in [3.05, 3.63) is 107 Å². The van der Waals surface area contributed by atoms with Gasteiger partial charge in [0.05, 0.1) is 17.5 Å². The number of benzene rings is 2. The van der Waals surface area contributed by atoms with E-state index < -0.39 is 6.04 Å². The minimum atomic E-state index is -0.541. The molecule has 0 bridgehead atoms. The van der Waals surface area contributed by atoms with Gasteiger partial charge in [-0.2, -0.15) is 4.98 Å². The Morgan fingerprint density at radius 2 is 1.91 bits per heavy atom. The van der Waals surface area contributed by atoms with E-state index in [2.05, 4.69) is 32.7 Å². The highest BCUT2D eigenvalue weighted by Crippen LogP contribution is 2.39. The molecule has 0 saturated heterocycles. The first-order valence-electron chi connectivity index (χ1n) is 10.7. The second kappa shape index (κ2) is 9.70. The number of amides is 1. The Hall–Kier alpha value is -3.62. The minimum Gasteiger partial charge on any atom is -0.328 e. The van der Waals surface area contributed by atoms with Crippen LogP contribution in [0.3, 0.4) is 0 Å². The highest BCUT2D eigenvalue weighted by molar-refractivity contribution is 7.98. The van der Waals surface area contributed by atoms with Crippen molar-refractivity contribution in [2.75, 3.05) is 10.6 Å². The smallest absolute Gasteiger partial charge is 0.255 e. The summed E-state index contributed by atoms with van der Waals surface area (Å²) in [5.41, 5.74) is 3.75. The molecule has 4 aromatic rings. The Morgan fingerprint density at radius 3 is 2.68 bits per heavy atom. The van der Waals surface area contributed by atoms with Crippen molar-refractivity contribution < 1.29 is 4.79 Å². The first-order valence-corrected chi connectivity index (χ1v) is 12.0. The summed E-state index contributed by atoms with van der Waals surface area (Å²) in [6.07, 6.45) is 3.26. The second-order valence-corrected chi connectivity index (χ2v) is 9.07. The molecule has 3 heterocycles. The summed E-state index contributed by atoms with van der Waals surface area (Å²) in [6, 6.07) is 20.7. The van der Waals surface area contributed by atoms with Crippen molar-refractivity contribution in [3.63, 3.8) is 0 Å². The number of halogens is 1. The van der Waals surface area contributed by atoms with E-state index >= 15 is 0 Å². The van der Waals surface area contributed by atoms with Crippen LogP contribution in [0, 0.1) is 0 Å². The van der Waals surface area contributed by atoms with Gasteiger partial charge < -0.3 is 10.6 Å². The predicted molar refractivity (Wildman–Crippen MR) is 135 cm³/mol. The van der Waals surface area contributed by atoms with Crippen LogP contribution in [0.4, 0.5) is 11.6 Å². The van der Waals surface area contributed by atoms with Gasteiger partial charge in [-0.1, -0.05) is 71.9 Å². The molecule has 0 unspecified atom stereocenters. The maximum Gasteiger partial charge on any atom is 0.255 e. The number of thioether (sulfide) groups is 1. The molecule has 2 aromatic carbocycles. The number of nitrogens with zero attached hydrogens (tertiary/aromatic N) is 4. The highest BCUT2D eigenvalue weighted by Gasteiger charge is 2.35. The quantitative estimate of drug-likeness (QED) is 0.346. The van der Waals surface area contributed by atoms with Gasteiger partial charge in [0.2, 0.25) is 11.1 Å². The van der Waals surface area contributed by atoms with Crippen molar-refractivity contribution in [2.45, 2.75) is 23.9 Å². The number of carbonyl (C=O) groups excluding carboxylic acids is 1. The van der Waals surface area contributed by atoms with Crippen LogP contribution in [0.1, 0.15) is 24.1 Å². The van der Waals surface area contributed by atoms with Gasteiger partial charge in [0, 0.05) is 28.2 Å². The molecule has 1 amide bonds. The fraction of sp³-hybridized carbons (Fsp3) is 0.120. The summed E-state index contributed by atoms with van der Waals surface area (Å²) in [4.78, 5) is 22.2. The molecular weight excluding hydrogens is 468 g/mol.